The maximum absolute atomic E-state index is 15.4. The molecule has 2 aromatic heterocycles. The molecule has 3 heterocycles. The lowest BCUT2D eigenvalue weighted by Crippen LogP contribution is -2.46. The molecular weight excluding hydrogens is 736 g/mol. The van der Waals surface area contributed by atoms with Crippen LogP contribution in [0, 0.1) is 11.3 Å². The number of benzene rings is 4. The van der Waals surface area contributed by atoms with Crippen molar-refractivity contribution in [2.24, 2.45) is 0 Å². The van der Waals surface area contributed by atoms with Crippen LogP contribution < -0.4 is 9.47 Å². The number of ether oxygens (including phenoxy) is 4. The minimum Gasteiger partial charge on any atom is -0.497 e. The highest BCUT2D eigenvalue weighted by Gasteiger charge is 2.49. The summed E-state index contributed by atoms with van der Waals surface area (Å²) in [6, 6.07) is 37.9. The first-order valence-electron chi connectivity index (χ1n) is 19.5. The molecule has 1 aliphatic rings. The van der Waals surface area contributed by atoms with Crippen LogP contribution in [-0.2, 0) is 19.6 Å². The van der Waals surface area contributed by atoms with Gasteiger partial charge in [0.15, 0.2) is 7.29 Å². The lowest BCUT2D eigenvalue weighted by molar-refractivity contribution is -0.0834. The van der Waals surface area contributed by atoms with Crippen molar-refractivity contribution < 1.29 is 27.9 Å². The molecule has 1 saturated heterocycles. The van der Waals surface area contributed by atoms with Gasteiger partial charge in [0.05, 0.1) is 56.6 Å². The fourth-order valence-corrected chi connectivity index (χ4v) is 12.0. The Kier molecular flexibility index (Phi) is 12.0. The second-order valence-corrected chi connectivity index (χ2v) is 18.9. The summed E-state index contributed by atoms with van der Waals surface area (Å²) in [6.07, 6.45) is 3.18. The zero-order valence-corrected chi connectivity index (χ0v) is 34.3. The molecule has 0 unspecified atom stereocenters. The number of imidazole rings is 1. The average molecular weight is 787 g/mol. The summed E-state index contributed by atoms with van der Waals surface area (Å²) < 4.78 is 51.0. The van der Waals surface area contributed by atoms with E-state index in [9.17, 15) is 5.26 Å². The van der Waals surface area contributed by atoms with Crippen LogP contribution in [0.3, 0.4) is 0 Å². The molecule has 0 N–H and O–H groups in total. The topological polar surface area (TPSA) is 112 Å². The van der Waals surface area contributed by atoms with Crippen molar-refractivity contribution in [3.05, 3.63) is 138 Å². The van der Waals surface area contributed by atoms with Crippen LogP contribution in [0.5, 0.6) is 11.5 Å². The average Bonchev–Trinajstić information content (AvgIpc) is 4.03. The lowest BCUT2D eigenvalue weighted by atomic mass is 9.80. The number of para-hydroxylation sites is 1. The van der Waals surface area contributed by atoms with Gasteiger partial charge < -0.3 is 32.5 Å². The van der Waals surface area contributed by atoms with Crippen molar-refractivity contribution in [3.8, 4) is 28.9 Å². The maximum atomic E-state index is 15.4. The Balaban J connectivity index is 1.36. The third kappa shape index (κ3) is 7.53. The maximum Gasteiger partial charge on any atom is 0.155 e. The van der Waals surface area contributed by atoms with E-state index in [-0.39, 0.29) is 30.4 Å². The second-order valence-electron chi connectivity index (χ2n) is 15.0. The summed E-state index contributed by atoms with van der Waals surface area (Å²) in [7, 11) is 0.248. The lowest BCUT2D eigenvalue weighted by Gasteiger charge is -2.43. The summed E-state index contributed by atoms with van der Waals surface area (Å²) in [6.45, 7) is 8.56. The van der Waals surface area contributed by atoms with Crippen molar-refractivity contribution >= 4 is 18.3 Å². The second kappa shape index (κ2) is 17.1. The largest absolute Gasteiger partial charge is 0.497 e. The number of nitriles is 1. The van der Waals surface area contributed by atoms with Crippen molar-refractivity contribution in [2.75, 3.05) is 27.4 Å². The van der Waals surface area contributed by atoms with E-state index in [1.165, 1.54) is 0 Å². The first-order valence-corrected chi connectivity index (χ1v) is 21.3. The molecule has 7 rings (SSSR count). The number of furan rings is 1. The van der Waals surface area contributed by atoms with Gasteiger partial charge in [-0.15, -0.1) is 0 Å². The Labute approximate surface area is 335 Å². The molecule has 0 bridgehead atoms. The van der Waals surface area contributed by atoms with Gasteiger partial charge in [0.25, 0.3) is 0 Å². The molecule has 0 radical (unpaired) electrons. The first-order chi connectivity index (χ1) is 27.6. The zero-order chi connectivity index (χ0) is 40.2. The normalized spacial score (nSPS) is 17.4. The molecule has 6 aromatic rings. The highest BCUT2D eigenvalue weighted by Crippen LogP contribution is 2.61. The van der Waals surface area contributed by atoms with Crippen molar-refractivity contribution in [1.82, 2.24) is 14.2 Å². The highest BCUT2D eigenvalue weighted by atomic mass is 31.2. The summed E-state index contributed by atoms with van der Waals surface area (Å²) >= 11 is 0. The van der Waals surface area contributed by atoms with Gasteiger partial charge in [-0.2, -0.15) is 5.26 Å². The summed E-state index contributed by atoms with van der Waals surface area (Å²) in [4.78, 5) is 4.86. The summed E-state index contributed by atoms with van der Waals surface area (Å²) in [5.41, 5.74) is 3.90. The predicted molar refractivity (Wildman–Crippen MR) is 223 cm³/mol. The van der Waals surface area contributed by atoms with E-state index in [2.05, 4.69) is 27.4 Å². The fourth-order valence-electron chi connectivity index (χ4n) is 8.46. The molecule has 3 atom stereocenters. The summed E-state index contributed by atoms with van der Waals surface area (Å²) in [5.74, 6) is 2.19. The molecule has 11 heteroatoms. The van der Waals surface area contributed by atoms with E-state index in [1.807, 2.05) is 131 Å². The molecule has 0 spiro atoms. The van der Waals surface area contributed by atoms with Crippen LogP contribution in [0.25, 0.3) is 22.4 Å². The molecule has 0 aliphatic carbocycles. The van der Waals surface area contributed by atoms with Crippen molar-refractivity contribution in [2.45, 2.75) is 75.8 Å². The number of hydrogen-bond donors (Lipinski definition) is 0. The number of hydrogen-bond acceptors (Lipinski definition) is 8. The molecule has 1 fully saturated rings. The minimum atomic E-state index is -3.06. The molecule has 4 aromatic carbocycles. The van der Waals surface area contributed by atoms with Gasteiger partial charge in [0, 0.05) is 42.3 Å². The van der Waals surface area contributed by atoms with E-state index in [0.29, 0.717) is 13.0 Å². The van der Waals surface area contributed by atoms with Gasteiger partial charge in [0.1, 0.15) is 29.1 Å². The summed E-state index contributed by atoms with van der Waals surface area (Å²) in [5, 5.41) is 9.89. The quantitative estimate of drug-likeness (QED) is 0.0699. The Hall–Kier alpha value is -5.17. The van der Waals surface area contributed by atoms with Gasteiger partial charge in [-0.3, -0.25) is 0 Å². The van der Waals surface area contributed by atoms with Gasteiger partial charge in [-0.25, -0.2) is 9.65 Å². The van der Waals surface area contributed by atoms with Crippen LogP contribution >= 0.6 is 7.29 Å². The Bertz CT molecular complexity index is 2260. The predicted octanol–water partition coefficient (Wildman–Crippen LogP) is 10.3. The monoisotopic (exact) mass is 786 g/mol. The van der Waals surface area contributed by atoms with E-state index in [1.54, 1.807) is 20.5 Å². The molecular formula is C46H51N4O6P. The van der Waals surface area contributed by atoms with Crippen LogP contribution in [-0.4, -0.2) is 65.1 Å². The van der Waals surface area contributed by atoms with Gasteiger partial charge in [-0.1, -0.05) is 88.4 Å². The van der Waals surface area contributed by atoms with E-state index in [0.717, 1.165) is 50.5 Å². The van der Waals surface area contributed by atoms with Crippen LogP contribution in [0.15, 0.2) is 126 Å². The van der Waals surface area contributed by atoms with Crippen LogP contribution in [0.1, 0.15) is 63.5 Å². The molecule has 1 aliphatic heterocycles. The van der Waals surface area contributed by atoms with Crippen molar-refractivity contribution in [3.63, 3.8) is 0 Å². The molecule has 0 saturated carbocycles. The van der Waals surface area contributed by atoms with Crippen LogP contribution in [0.2, 0.25) is 0 Å². The van der Waals surface area contributed by atoms with E-state index < -0.39 is 25.2 Å². The standard InChI is InChI=1S/C46H51N4O6P/c1-32(2)57(51,33(3)4)50(27-12-26-47)41-29-44(49-31-48-45-39(15-10-16-40(45)49)42-17-11-28-54-42)56-43(41)30-55-46(34-13-8-7-9-14-34,35-18-22-37(52-5)23-19-35)36-20-24-38(53-6)25-21-36/h7-11,13-25,28,31-33,41,43-44H,12,27,29-30H2,1-6H3/t41-,43-,44+/m0/s1. The van der Waals surface area contributed by atoms with Crippen LogP contribution in [0.4, 0.5) is 0 Å². The Morgan fingerprint density at radius 3 is 2.05 bits per heavy atom. The molecule has 10 nitrogen and oxygen atoms in total. The highest BCUT2D eigenvalue weighted by molar-refractivity contribution is 7.62. The number of rotatable bonds is 16. The molecule has 296 valence electrons. The van der Waals surface area contributed by atoms with Gasteiger partial charge in [0.2, 0.25) is 0 Å². The third-order valence-electron chi connectivity index (χ3n) is 11.3. The zero-order valence-electron chi connectivity index (χ0n) is 33.4. The number of aromatic nitrogens is 2. The third-order valence-corrected chi connectivity index (χ3v) is 15.5. The van der Waals surface area contributed by atoms with E-state index >= 15 is 4.57 Å². The SMILES string of the molecule is COc1ccc(C(OC[C@@H]2O[C@@H](n3cnc4c(-c5ccco5)cccc43)C[C@@H]2N(CCC#N)P(=O)(C(C)C)C(C)C)(c2ccccc2)c2ccc(OC)cc2)cc1. The number of nitrogens with zero attached hydrogens (tertiary/aromatic N) is 4. The smallest absolute Gasteiger partial charge is 0.155 e. The minimum absolute atomic E-state index is 0.137. The Morgan fingerprint density at radius 1 is 0.860 bits per heavy atom. The Morgan fingerprint density at radius 2 is 1.49 bits per heavy atom. The number of methoxy groups -OCH3 is 2. The molecule has 57 heavy (non-hydrogen) atoms. The first kappa shape index (κ1) is 40.0. The van der Waals surface area contributed by atoms with E-state index in [4.69, 9.17) is 28.3 Å². The molecule has 0 amide bonds. The fraction of sp³-hybridized carbons (Fsp3) is 0.348. The van der Waals surface area contributed by atoms with Crippen molar-refractivity contribution in [1.29, 1.82) is 5.26 Å². The van der Waals surface area contributed by atoms with Gasteiger partial charge >= 0.3 is 0 Å². The number of fused-ring (bicyclic) bond motifs is 1. The van der Waals surface area contributed by atoms with Gasteiger partial charge in [-0.05, 0) is 65.2 Å².